The van der Waals surface area contributed by atoms with Crippen LogP contribution in [0.4, 0.5) is 0 Å². The Hall–Kier alpha value is -1.90. The minimum atomic E-state index is -1.05. The standard InChI is InChI=1S/C16H18O3/c1-2-3-4-11-5-6-12-7-8-13(10-15(17)18)16(19)14(12)9-11/h5-6,9-10H,2-4,7-8H2,1H3,(H,17,18)/b13-10+. The van der Waals surface area contributed by atoms with Gasteiger partial charge in [0.1, 0.15) is 0 Å². The highest BCUT2D eigenvalue weighted by atomic mass is 16.4. The summed E-state index contributed by atoms with van der Waals surface area (Å²) in [5.41, 5.74) is 3.29. The van der Waals surface area contributed by atoms with Crippen LogP contribution in [0.15, 0.2) is 29.8 Å². The van der Waals surface area contributed by atoms with Gasteiger partial charge < -0.3 is 5.11 Å². The number of rotatable bonds is 4. The molecule has 0 bridgehead atoms. The number of hydrogen-bond donors (Lipinski definition) is 1. The number of carbonyl (C=O) groups is 2. The largest absolute Gasteiger partial charge is 0.478 e. The van der Waals surface area contributed by atoms with Gasteiger partial charge in [-0.1, -0.05) is 25.5 Å². The van der Waals surface area contributed by atoms with E-state index in [2.05, 4.69) is 13.0 Å². The molecule has 3 nitrogen and oxygen atoms in total. The number of allylic oxidation sites excluding steroid dienone is 1. The number of aryl methyl sites for hydroxylation is 2. The predicted molar refractivity (Wildman–Crippen MR) is 73.4 cm³/mol. The van der Waals surface area contributed by atoms with Gasteiger partial charge in [-0.3, -0.25) is 4.79 Å². The number of carboxylic acids is 1. The van der Waals surface area contributed by atoms with E-state index in [0.717, 1.165) is 42.9 Å². The van der Waals surface area contributed by atoms with Gasteiger partial charge in [-0.2, -0.15) is 0 Å². The van der Waals surface area contributed by atoms with Crippen molar-refractivity contribution in [2.24, 2.45) is 0 Å². The number of aliphatic carboxylic acids is 1. The molecule has 1 aliphatic carbocycles. The lowest BCUT2D eigenvalue weighted by molar-refractivity contribution is -0.131. The summed E-state index contributed by atoms with van der Waals surface area (Å²) in [7, 11) is 0. The van der Waals surface area contributed by atoms with Gasteiger partial charge >= 0.3 is 5.97 Å². The van der Waals surface area contributed by atoms with Gasteiger partial charge in [0.05, 0.1) is 0 Å². The van der Waals surface area contributed by atoms with Crippen molar-refractivity contribution in [2.45, 2.75) is 39.0 Å². The van der Waals surface area contributed by atoms with Crippen molar-refractivity contribution in [1.29, 1.82) is 0 Å². The van der Waals surface area contributed by atoms with Gasteiger partial charge in [0.25, 0.3) is 0 Å². The Balaban J connectivity index is 2.30. The van der Waals surface area contributed by atoms with Crippen molar-refractivity contribution in [3.05, 3.63) is 46.5 Å². The van der Waals surface area contributed by atoms with Gasteiger partial charge in [-0.05, 0) is 42.9 Å². The average Bonchev–Trinajstić information content (AvgIpc) is 2.39. The third kappa shape index (κ3) is 3.11. The second kappa shape index (κ2) is 5.83. The van der Waals surface area contributed by atoms with Crippen LogP contribution >= 0.6 is 0 Å². The molecule has 0 spiro atoms. The minimum absolute atomic E-state index is 0.123. The van der Waals surface area contributed by atoms with Gasteiger partial charge in [-0.15, -0.1) is 0 Å². The number of hydrogen-bond acceptors (Lipinski definition) is 2. The van der Waals surface area contributed by atoms with Crippen LogP contribution in [0, 0.1) is 0 Å². The van der Waals surface area contributed by atoms with E-state index >= 15 is 0 Å². The maximum absolute atomic E-state index is 12.2. The fraction of sp³-hybridized carbons (Fsp3) is 0.375. The third-order valence-electron chi connectivity index (χ3n) is 3.49. The summed E-state index contributed by atoms with van der Waals surface area (Å²) in [4.78, 5) is 23.0. The van der Waals surface area contributed by atoms with E-state index in [-0.39, 0.29) is 5.78 Å². The molecule has 1 aromatic rings. The van der Waals surface area contributed by atoms with Crippen molar-refractivity contribution >= 4 is 11.8 Å². The number of ketones is 1. The molecule has 2 rings (SSSR count). The lowest BCUT2D eigenvalue weighted by Gasteiger charge is -2.18. The Morgan fingerprint density at radius 1 is 1.37 bits per heavy atom. The van der Waals surface area contributed by atoms with Crippen LogP contribution in [-0.2, 0) is 17.6 Å². The van der Waals surface area contributed by atoms with Crippen LogP contribution < -0.4 is 0 Å². The Kier molecular flexibility index (Phi) is 4.15. The summed E-state index contributed by atoms with van der Waals surface area (Å²) in [6.45, 7) is 2.14. The maximum atomic E-state index is 12.2. The van der Waals surface area contributed by atoms with Crippen molar-refractivity contribution in [2.75, 3.05) is 0 Å². The topological polar surface area (TPSA) is 54.4 Å². The monoisotopic (exact) mass is 258 g/mol. The van der Waals surface area contributed by atoms with E-state index in [4.69, 9.17) is 5.11 Å². The van der Waals surface area contributed by atoms with Gasteiger partial charge in [-0.25, -0.2) is 4.79 Å². The summed E-state index contributed by atoms with van der Waals surface area (Å²) in [6.07, 6.45) is 5.50. The van der Waals surface area contributed by atoms with E-state index in [0.29, 0.717) is 17.6 Å². The molecule has 1 aromatic carbocycles. The number of Topliss-reactive ketones (excluding diaryl/α,β-unsaturated/α-hetero) is 1. The molecule has 0 saturated heterocycles. The van der Waals surface area contributed by atoms with E-state index in [9.17, 15) is 9.59 Å². The molecule has 0 unspecified atom stereocenters. The highest BCUT2D eigenvalue weighted by molar-refractivity contribution is 6.12. The smallest absolute Gasteiger partial charge is 0.328 e. The van der Waals surface area contributed by atoms with Crippen molar-refractivity contribution in [1.82, 2.24) is 0 Å². The summed E-state index contributed by atoms with van der Waals surface area (Å²) in [6, 6.07) is 6.02. The van der Waals surface area contributed by atoms with E-state index in [1.165, 1.54) is 0 Å². The molecule has 0 atom stereocenters. The number of benzene rings is 1. The van der Waals surface area contributed by atoms with Crippen LogP contribution in [0.2, 0.25) is 0 Å². The summed E-state index contributed by atoms with van der Waals surface area (Å²) >= 11 is 0. The molecule has 0 aromatic heterocycles. The van der Waals surface area contributed by atoms with Crippen molar-refractivity contribution in [3.8, 4) is 0 Å². The van der Waals surface area contributed by atoms with Gasteiger partial charge in [0.15, 0.2) is 5.78 Å². The molecule has 0 aliphatic heterocycles. The zero-order valence-corrected chi connectivity index (χ0v) is 11.1. The molecular weight excluding hydrogens is 240 g/mol. The van der Waals surface area contributed by atoms with E-state index in [1.54, 1.807) is 0 Å². The average molecular weight is 258 g/mol. The predicted octanol–water partition coefficient (Wildman–Crippen LogP) is 3.17. The van der Waals surface area contributed by atoms with E-state index in [1.807, 2.05) is 12.1 Å². The Labute approximate surface area is 113 Å². The molecule has 100 valence electrons. The second-order valence-corrected chi connectivity index (χ2v) is 4.93. The fourth-order valence-electron chi connectivity index (χ4n) is 2.43. The maximum Gasteiger partial charge on any atom is 0.328 e. The Morgan fingerprint density at radius 2 is 2.16 bits per heavy atom. The van der Waals surface area contributed by atoms with Gasteiger partial charge in [0, 0.05) is 17.2 Å². The van der Waals surface area contributed by atoms with Crippen LogP contribution in [0.3, 0.4) is 0 Å². The summed E-state index contributed by atoms with van der Waals surface area (Å²) in [5, 5.41) is 8.77. The molecule has 0 radical (unpaired) electrons. The molecule has 3 heteroatoms. The third-order valence-corrected chi connectivity index (χ3v) is 3.49. The molecule has 0 amide bonds. The highest BCUT2D eigenvalue weighted by Crippen LogP contribution is 2.26. The molecular formula is C16H18O3. The van der Waals surface area contributed by atoms with Crippen LogP contribution in [0.1, 0.15) is 47.7 Å². The quantitative estimate of drug-likeness (QED) is 0.844. The first-order chi connectivity index (χ1) is 9.11. The van der Waals surface area contributed by atoms with Crippen molar-refractivity contribution in [3.63, 3.8) is 0 Å². The number of carboxylic acid groups (broad SMARTS) is 1. The molecule has 1 aliphatic rings. The number of unbranched alkanes of at least 4 members (excludes halogenated alkanes) is 1. The van der Waals surface area contributed by atoms with Crippen LogP contribution in [0.5, 0.6) is 0 Å². The zero-order chi connectivity index (χ0) is 13.8. The first kappa shape index (κ1) is 13.5. The normalized spacial score (nSPS) is 16.5. The molecule has 19 heavy (non-hydrogen) atoms. The summed E-state index contributed by atoms with van der Waals surface area (Å²) in [5.74, 6) is -1.17. The lowest BCUT2D eigenvalue weighted by Crippen LogP contribution is -2.15. The minimum Gasteiger partial charge on any atom is -0.478 e. The number of fused-ring (bicyclic) bond motifs is 1. The van der Waals surface area contributed by atoms with Crippen LogP contribution in [0.25, 0.3) is 0 Å². The summed E-state index contributed by atoms with van der Waals surface area (Å²) < 4.78 is 0. The Morgan fingerprint density at radius 3 is 2.84 bits per heavy atom. The highest BCUT2D eigenvalue weighted by Gasteiger charge is 2.22. The van der Waals surface area contributed by atoms with E-state index < -0.39 is 5.97 Å². The van der Waals surface area contributed by atoms with Gasteiger partial charge in [0.2, 0.25) is 0 Å². The SMILES string of the molecule is CCCCc1ccc2c(c1)C(=O)/C(=C/C(=O)O)CC2. The Bertz CT molecular complexity index is 541. The van der Waals surface area contributed by atoms with Crippen molar-refractivity contribution < 1.29 is 14.7 Å². The molecule has 0 saturated carbocycles. The molecule has 1 N–H and O–H groups in total. The zero-order valence-electron chi connectivity index (χ0n) is 11.1. The van der Waals surface area contributed by atoms with Crippen LogP contribution in [-0.4, -0.2) is 16.9 Å². The molecule has 0 fully saturated rings. The fourth-order valence-corrected chi connectivity index (χ4v) is 2.43. The second-order valence-electron chi connectivity index (χ2n) is 4.93. The lowest BCUT2D eigenvalue weighted by atomic mass is 9.85. The first-order valence-corrected chi connectivity index (χ1v) is 6.72. The molecule has 0 heterocycles. The number of carbonyl (C=O) groups excluding carboxylic acids is 1. The first-order valence-electron chi connectivity index (χ1n) is 6.72.